The summed E-state index contributed by atoms with van der Waals surface area (Å²) in [5, 5.41) is 7.10. The van der Waals surface area contributed by atoms with Crippen molar-refractivity contribution in [3.63, 3.8) is 0 Å². The third kappa shape index (κ3) is 7.92. The molecular formula is C15H25FIN3S2. The molecule has 0 aliphatic carbocycles. The lowest BCUT2D eigenvalue weighted by Gasteiger charge is -2.16. The summed E-state index contributed by atoms with van der Waals surface area (Å²) in [4.78, 5) is 4.21. The van der Waals surface area contributed by atoms with E-state index >= 15 is 0 Å². The van der Waals surface area contributed by atoms with Crippen LogP contribution in [-0.4, -0.2) is 37.3 Å². The molecule has 7 heteroatoms. The predicted octanol–water partition coefficient (Wildman–Crippen LogP) is 3.72. The monoisotopic (exact) mass is 457 g/mol. The molecule has 0 bridgehead atoms. The van der Waals surface area contributed by atoms with E-state index in [0.29, 0.717) is 11.8 Å². The number of hydrogen-bond donors (Lipinski definition) is 2. The van der Waals surface area contributed by atoms with Gasteiger partial charge in [-0.25, -0.2) is 4.39 Å². The van der Waals surface area contributed by atoms with Crippen LogP contribution in [0.3, 0.4) is 0 Å². The number of hydrogen-bond acceptors (Lipinski definition) is 3. The Hall–Kier alpha value is -0.150. The van der Waals surface area contributed by atoms with E-state index in [1.165, 1.54) is 6.07 Å². The summed E-state index contributed by atoms with van der Waals surface area (Å²) in [6, 6.07) is 4.96. The molecule has 126 valence electrons. The van der Waals surface area contributed by atoms with Gasteiger partial charge in [-0.2, -0.15) is 23.5 Å². The fraction of sp³-hybridized carbons (Fsp3) is 0.533. The summed E-state index contributed by atoms with van der Waals surface area (Å²) < 4.78 is 13.3. The summed E-state index contributed by atoms with van der Waals surface area (Å²) in [7, 11) is 1.76. The molecule has 0 aromatic heterocycles. The lowest BCUT2D eigenvalue weighted by Crippen LogP contribution is -2.39. The highest BCUT2D eigenvalue weighted by Crippen LogP contribution is 2.16. The smallest absolute Gasteiger partial charge is 0.191 e. The quantitative estimate of drug-likeness (QED) is 0.372. The number of aliphatic imine (C=N–C) groups is 1. The number of guanidine groups is 1. The normalized spacial score (nSPS) is 12.5. The van der Waals surface area contributed by atoms with Crippen LogP contribution in [0.25, 0.3) is 0 Å². The first-order valence-electron chi connectivity index (χ1n) is 6.84. The van der Waals surface area contributed by atoms with Crippen LogP contribution in [0, 0.1) is 5.82 Å². The van der Waals surface area contributed by atoms with Crippen LogP contribution in [0.1, 0.15) is 18.1 Å². The van der Waals surface area contributed by atoms with Crippen molar-refractivity contribution >= 4 is 53.5 Å². The Morgan fingerprint density at radius 1 is 1.27 bits per heavy atom. The van der Waals surface area contributed by atoms with Crippen molar-refractivity contribution < 1.29 is 4.39 Å². The highest BCUT2D eigenvalue weighted by molar-refractivity contribution is 14.0. The number of nitrogens with zero attached hydrogens (tertiary/aromatic N) is 1. The minimum absolute atomic E-state index is 0. The summed E-state index contributed by atoms with van der Waals surface area (Å²) in [6.07, 6.45) is 4.11. The molecule has 0 fully saturated rings. The van der Waals surface area contributed by atoms with Crippen LogP contribution in [-0.2, 0) is 12.3 Å². The summed E-state index contributed by atoms with van der Waals surface area (Å²) in [5.41, 5.74) is 2.13. The number of nitrogens with one attached hydrogen (secondary N) is 2. The van der Waals surface area contributed by atoms with Crippen LogP contribution in [0.4, 0.5) is 4.39 Å². The van der Waals surface area contributed by atoms with Gasteiger partial charge in [0.25, 0.3) is 0 Å². The van der Waals surface area contributed by atoms with E-state index in [1.54, 1.807) is 24.9 Å². The minimum atomic E-state index is -0.181. The van der Waals surface area contributed by atoms with E-state index in [9.17, 15) is 4.39 Å². The Balaban J connectivity index is 0.00000441. The van der Waals surface area contributed by atoms with E-state index in [2.05, 4.69) is 28.8 Å². The van der Waals surface area contributed by atoms with Gasteiger partial charge in [0, 0.05) is 31.1 Å². The summed E-state index contributed by atoms with van der Waals surface area (Å²) >= 11 is 3.50. The average molecular weight is 457 g/mol. The second kappa shape index (κ2) is 12.3. The zero-order valence-electron chi connectivity index (χ0n) is 13.5. The van der Waals surface area contributed by atoms with Crippen molar-refractivity contribution in [2.24, 2.45) is 4.99 Å². The first-order valence-corrected chi connectivity index (χ1v) is 9.52. The van der Waals surface area contributed by atoms with Gasteiger partial charge in [0.05, 0.1) is 0 Å². The zero-order chi connectivity index (χ0) is 15.7. The lowest BCUT2D eigenvalue weighted by atomic mass is 10.1. The molecule has 2 N–H and O–H groups in total. The maximum atomic E-state index is 13.3. The zero-order valence-corrected chi connectivity index (χ0v) is 17.4. The highest BCUT2D eigenvalue weighted by Gasteiger charge is 2.06. The molecule has 0 amide bonds. The minimum Gasteiger partial charge on any atom is -0.355 e. The van der Waals surface area contributed by atoms with E-state index < -0.39 is 0 Å². The lowest BCUT2D eigenvalue weighted by molar-refractivity contribution is 0.625. The van der Waals surface area contributed by atoms with Crippen molar-refractivity contribution in [3.05, 3.63) is 35.1 Å². The molecule has 0 spiro atoms. The number of benzene rings is 1. The fourth-order valence-corrected chi connectivity index (χ4v) is 2.61. The average Bonchev–Trinajstić information content (AvgIpc) is 2.49. The Morgan fingerprint density at radius 2 is 2.00 bits per heavy atom. The standard InChI is InChI=1S/C15H24FN3S2.HI/c1-11(21-4)8-18-15(17-2)19-9-12-5-6-14(16)7-13(12)10-20-3;/h5-7,11H,8-10H2,1-4H3,(H2,17,18,19);1H. The van der Waals surface area contributed by atoms with Crippen molar-refractivity contribution in [2.75, 3.05) is 26.1 Å². The third-order valence-corrected chi connectivity index (χ3v) is 4.67. The topological polar surface area (TPSA) is 36.4 Å². The molecule has 0 saturated carbocycles. The Morgan fingerprint density at radius 3 is 2.59 bits per heavy atom. The van der Waals surface area contributed by atoms with Crippen LogP contribution in [0.2, 0.25) is 0 Å². The molecule has 1 aromatic carbocycles. The number of halogens is 2. The Kier molecular flexibility index (Phi) is 12.2. The van der Waals surface area contributed by atoms with Crippen LogP contribution < -0.4 is 10.6 Å². The molecule has 22 heavy (non-hydrogen) atoms. The fourth-order valence-electron chi connectivity index (χ4n) is 1.78. The van der Waals surface area contributed by atoms with Crippen molar-refractivity contribution in [1.29, 1.82) is 0 Å². The van der Waals surface area contributed by atoms with Gasteiger partial charge >= 0.3 is 0 Å². The van der Waals surface area contributed by atoms with Crippen molar-refractivity contribution in [1.82, 2.24) is 10.6 Å². The maximum Gasteiger partial charge on any atom is 0.191 e. The van der Waals surface area contributed by atoms with Gasteiger partial charge in [-0.05, 0) is 35.8 Å². The maximum absolute atomic E-state index is 13.3. The van der Waals surface area contributed by atoms with Gasteiger partial charge in [0.1, 0.15) is 5.82 Å². The molecular weight excluding hydrogens is 432 g/mol. The van der Waals surface area contributed by atoms with Gasteiger partial charge in [-0.3, -0.25) is 4.99 Å². The van der Waals surface area contributed by atoms with Crippen molar-refractivity contribution in [2.45, 2.75) is 24.5 Å². The van der Waals surface area contributed by atoms with E-state index in [1.807, 2.05) is 24.1 Å². The molecule has 1 aromatic rings. The molecule has 3 nitrogen and oxygen atoms in total. The van der Waals surface area contributed by atoms with Gasteiger partial charge in [0.2, 0.25) is 0 Å². The van der Waals surface area contributed by atoms with Gasteiger partial charge in [-0.1, -0.05) is 13.0 Å². The number of rotatable bonds is 7. The van der Waals surface area contributed by atoms with Crippen LogP contribution in [0.5, 0.6) is 0 Å². The van der Waals surface area contributed by atoms with Gasteiger partial charge in [0.15, 0.2) is 5.96 Å². The highest BCUT2D eigenvalue weighted by atomic mass is 127. The Bertz CT molecular complexity index is 472. The Labute approximate surface area is 158 Å². The van der Waals surface area contributed by atoms with Crippen LogP contribution in [0.15, 0.2) is 23.2 Å². The summed E-state index contributed by atoms with van der Waals surface area (Å²) in [6.45, 7) is 3.67. The third-order valence-electron chi connectivity index (χ3n) is 3.10. The van der Waals surface area contributed by atoms with E-state index in [4.69, 9.17) is 0 Å². The largest absolute Gasteiger partial charge is 0.355 e. The second-order valence-corrected chi connectivity index (χ2v) is 6.84. The second-order valence-electron chi connectivity index (χ2n) is 4.70. The molecule has 1 unspecified atom stereocenters. The van der Waals surface area contributed by atoms with Gasteiger partial charge in [-0.15, -0.1) is 24.0 Å². The molecule has 0 saturated heterocycles. The first kappa shape index (κ1) is 21.9. The number of thioether (sulfide) groups is 2. The van der Waals surface area contributed by atoms with Gasteiger partial charge < -0.3 is 10.6 Å². The molecule has 1 rings (SSSR count). The SMILES string of the molecule is CN=C(NCc1ccc(F)cc1CSC)NCC(C)SC.I. The summed E-state index contributed by atoms with van der Waals surface area (Å²) in [5.74, 6) is 1.40. The molecule has 0 aliphatic rings. The van der Waals surface area contributed by atoms with E-state index in [-0.39, 0.29) is 29.8 Å². The molecule has 0 radical (unpaired) electrons. The molecule has 0 heterocycles. The first-order chi connectivity index (χ1) is 10.1. The van der Waals surface area contributed by atoms with Crippen molar-refractivity contribution in [3.8, 4) is 0 Å². The molecule has 1 atom stereocenters. The predicted molar refractivity (Wildman–Crippen MR) is 110 cm³/mol. The van der Waals surface area contributed by atoms with E-state index in [0.717, 1.165) is 29.4 Å². The molecule has 0 aliphatic heterocycles. The van der Waals surface area contributed by atoms with Crippen LogP contribution >= 0.6 is 47.5 Å².